The van der Waals surface area contributed by atoms with E-state index in [0.717, 1.165) is 45.9 Å². The highest BCUT2D eigenvalue weighted by Gasteiger charge is 2.23. The van der Waals surface area contributed by atoms with Gasteiger partial charge >= 0.3 is 0 Å². The molecule has 24 heavy (non-hydrogen) atoms. The number of aromatic amines is 1. The van der Waals surface area contributed by atoms with Gasteiger partial charge in [-0.15, -0.1) is 0 Å². The van der Waals surface area contributed by atoms with Gasteiger partial charge in [0.15, 0.2) is 0 Å². The molecule has 0 radical (unpaired) electrons. The fraction of sp³-hybridized carbons (Fsp3) is 0.444. The molecule has 1 unspecified atom stereocenters. The Balaban J connectivity index is 1.36. The number of nitrogens with one attached hydrogen (secondary N) is 2. The fourth-order valence-electron chi connectivity index (χ4n) is 3.97. The monoisotopic (exact) mass is 324 g/mol. The molecular weight excluding hydrogens is 300 g/mol. The van der Waals surface area contributed by atoms with Gasteiger partial charge in [0.1, 0.15) is 0 Å². The standard InChI is InChI=1S/C18H24N6/c1-2-16-10-22-7-8-24(14-22)12-18-4-3-17(20-18)11-23-6-5-21(13-23)9-15(1)19-16/h1-3,5-8,18-20H,4,9-14H2. The molecule has 8 bridgehead atoms. The van der Waals surface area contributed by atoms with Crippen molar-refractivity contribution in [2.24, 2.45) is 0 Å². The van der Waals surface area contributed by atoms with E-state index in [-0.39, 0.29) is 0 Å². The summed E-state index contributed by atoms with van der Waals surface area (Å²) in [5.74, 6) is 0. The molecule has 5 heterocycles. The topological polar surface area (TPSA) is 40.8 Å². The van der Waals surface area contributed by atoms with Gasteiger partial charge in [0, 0.05) is 54.5 Å². The van der Waals surface area contributed by atoms with Gasteiger partial charge in [0.2, 0.25) is 0 Å². The predicted octanol–water partition coefficient (Wildman–Crippen LogP) is 1.37. The lowest BCUT2D eigenvalue weighted by Crippen LogP contribution is -2.38. The second-order valence-electron chi connectivity index (χ2n) is 7.21. The first-order valence-electron chi connectivity index (χ1n) is 8.75. The maximum absolute atomic E-state index is 3.71. The van der Waals surface area contributed by atoms with Gasteiger partial charge in [0.05, 0.1) is 33.0 Å². The smallest absolute Gasteiger partial charge is 0.0901 e. The Bertz CT molecular complexity index is 702. The number of nitrogens with zero attached hydrogens (tertiary/aromatic N) is 4. The normalized spacial score (nSPS) is 25.5. The molecule has 4 aliphatic rings. The van der Waals surface area contributed by atoms with E-state index < -0.39 is 0 Å². The summed E-state index contributed by atoms with van der Waals surface area (Å²) in [6.07, 6.45) is 12.3. The summed E-state index contributed by atoms with van der Waals surface area (Å²) in [4.78, 5) is 13.1. The van der Waals surface area contributed by atoms with Crippen LogP contribution < -0.4 is 5.32 Å². The van der Waals surface area contributed by atoms with E-state index in [1.807, 2.05) is 0 Å². The Labute approximate surface area is 142 Å². The maximum atomic E-state index is 3.71. The van der Waals surface area contributed by atoms with Crippen LogP contribution in [0.4, 0.5) is 0 Å². The van der Waals surface area contributed by atoms with Crippen LogP contribution in [0, 0.1) is 0 Å². The van der Waals surface area contributed by atoms with E-state index in [9.17, 15) is 0 Å². The van der Waals surface area contributed by atoms with Gasteiger partial charge in [-0.05, 0) is 18.6 Å². The lowest BCUT2D eigenvalue weighted by Gasteiger charge is -2.26. The van der Waals surface area contributed by atoms with Crippen molar-refractivity contribution >= 4 is 0 Å². The van der Waals surface area contributed by atoms with Crippen LogP contribution in [0.15, 0.2) is 48.7 Å². The third-order valence-corrected chi connectivity index (χ3v) is 5.12. The molecule has 6 heteroatoms. The molecule has 5 rings (SSSR count). The molecule has 2 N–H and O–H groups in total. The Morgan fingerprint density at radius 1 is 0.792 bits per heavy atom. The summed E-state index contributed by atoms with van der Waals surface area (Å²) in [5.41, 5.74) is 3.93. The van der Waals surface area contributed by atoms with Crippen LogP contribution >= 0.6 is 0 Å². The molecule has 0 aromatic carbocycles. The number of fused-ring (bicyclic) bond motifs is 8. The highest BCUT2D eigenvalue weighted by molar-refractivity contribution is 5.17. The van der Waals surface area contributed by atoms with Gasteiger partial charge in [-0.25, -0.2) is 0 Å². The van der Waals surface area contributed by atoms with E-state index in [2.05, 4.69) is 72.9 Å². The first-order chi connectivity index (χ1) is 11.8. The van der Waals surface area contributed by atoms with Crippen molar-refractivity contribution in [3.05, 3.63) is 60.1 Å². The minimum absolute atomic E-state index is 0.525. The van der Waals surface area contributed by atoms with Gasteiger partial charge < -0.3 is 29.9 Å². The number of rotatable bonds is 0. The van der Waals surface area contributed by atoms with E-state index in [1.165, 1.54) is 17.1 Å². The minimum atomic E-state index is 0.525. The largest absolute Gasteiger partial charge is 0.382 e. The average molecular weight is 324 g/mol. The van der Waals surface area contributed by atoms with Crippen LogP contribution in [0.5, 0.6) is 0 Å². The van der Waals surface area contributed by atoms with E-state index in [0.29, 0.717) is 6.04 Å². The molecule has 126 valence electrons. The molecular formula is C18H24N6. The Kier molecular flexibility index (Phi) is 3.21. The summed E-state index contributed by atoms with van der Waals surface area (Å²) in [5, 5.41) is 3.71. The SMILES string of the molecule is C1=CN2Cc3ccc([nH]3)CN3C=CN(CC4CC=C(CN1C2)N4)C3. The van der Waals surface area contributed by atoms with Crippen molar-refractivity contribution in [2.75, 3.05) is 26.4 Å². The number of hydrogen-bond donors (Lipinski definition) is 2. The molecule has 1 atom stereocenters. The number of H-pyrrole nitrogens is 1. The van der Waals surface area contributed by atoms with Crippen molar-refractivity contribution in [1.82, 2.24) is 29.9 Å². The molecule has 1 aromatic rings. The van der Waals surface area contributed by atoms with Crippen molar-refractivity contribution in [3.8, 4) is 0 Å². The minimum Gasteiger partial charge on any atom is -0.382 e. The summed E-state index contributed by atoms with van der Waals surface area (Å²) in [6, 6.07) is 4.96. The van der Waals surface area contributed by atoms with Crippen molar-refractivity contribution < 1.29 is 0 Å². The molecule has 0 saturated heterocycles. The summed E-state index contributed by atoms with van der Waals surface area (Å²) < 4.78 is 0. The second kappa shape index (κ2) is 5.54. The van der Waals surface area contributed by atoms with Crippen LogP contribution in [-0.4, -0.2) is 57.1 Å². The van der Waals surface area contributed by atoms with E-state index in [4.69, 9.17) is 0 Å². The number of hydrogen-bond acceptors (Lipinski definition) is 5. The Hall–Kier alpha value is -2.50. The van der Waals surface area contributed by atoms with E-state index in [1.54, 1.807) is 0 Å². The zero-order valence-electron chi connectivity index (χ0n) is 13.9. The van der Waals surface area contributed by atoms with Gasteiger partial charge in [-0.1, -0.05) is 6.08 Å². The third-order valence-electron chi connectivity index (χ3n) is 5.12. The molecule has 0 fully saturated rings. The first kappa shape index (κ1) is 13.9. The number of aromatic nitrogens is 1. The predicted molar refractivity (Wildman–Crippen MR) is 92.9 cm³/mol. The van der Waals surface area contributed by atoms with Crippen molar-refractivity contribution in [3.63, 3.8) is 0 Å². The van der Waals surface area contributed by atoms with Crippen LogP contribution in [-0.2, 0) is 13.1 Å². The first-order valence-corrected chi connectivity index (χ1v) is 8.75. The molecule has 4 aliphatic heterocycles. The second-order valence-corrected chi connectivity index (χ2v) is 7.21. The Morgan fingerprint density at radius 3 is 2.17 bits per heavy atom. The Morgan fingerprint density at radius 2 is 1.42 bits per heavy atom. The fourth-order valence-corrected chi connectivity index (χ4v) is 3.97. The quantitative estimate of drug-likeness (QED) is 0.754. The van der Waals surface area contributed by atoms with Crippen LogP contribution in [0.25, 0.3) is 0 Å². The van der Waals surface area contributed by atoms with Gasteiger partial charge in [-0.2, -0.15) is 0 Å². The van der Waals surface area contributed by atoms with Crippen molar-refractivity contribution in [1.29, 1.82) is 0 Å². The average Bonchev–Trinajstić information content (AvgIpc) is 3.32. The van der Waals surface area contributed by atoms with E-state index >= 15 is 0 Å². The zero-order chi connectivity index (χ0) is 15.9. The zero-order valence-corrected chi connectivity index (χ0v) is 13.9. The molecule has 0 aliphatic carbocycles. The summed E-state index contributed by atoms with van der Waals surface area (Å²) in [7, 11) is 0. The third kappa shape index (κ3) is 2.72. The van der Waals surface area contributed by atoms with Gasteiger partial charge in [0.25, 0.3) is 0 Å². The molecule has 0 saturated carbocycles. The lowest BCUT2D eigenvalue weighted by atomic mass is 10.2. The summed E-state index contributed by atoms with van der Waals surface area (Å²) >= 11 is 0. The molecule has 1 aromatic heterocycles. The lowest BCUT2D eigenvalue weighted by molar-refractivity contribution is 0.239. The molecule has 6 nitrogen and oxygen atoms in total. The van der Waals surface area contributed by atoms with Crippen LogP contribution in [0.1, 0.15) is 17.8 Å². The van der Waals surface area contributed by atoms with Crippen molar-refractivity contribution in [2.45, 2.75) is 25.6 Å². The molecule has 0 spiro atoms. The molecule has 0 amide bonds. The van der Waals surface area contributed by atoms with Gasteiger partial charge in [-0.3, -0.25) is 0 Å². The van der Waals surface area contributed by atoms with Crippen LogP contribution in [0.3, 0.4) is 0 Å². The summed E-state index contributed by atoms with van der Waals surface area (Å²) in [6.45, 7) is 5.84. The maximum Gasteiger partial charge on any atom is 0.0901 e. The van der Waals surface area contributed by atoms with Crippen LogP contribution in [0.2, 0.25) is 0 Å². The highest BCUT2D eigenvalue weighted by atomic mass is 15.4. The highest BCUT2D eigenvalue weighted by Crippen LogP contribution is 2.19.